The van der Waals surface area contributed by atoms with Crippen molar-refractivity contribution in [3.05, 3.63) is 108 Å². The van der Waals surface area contributed by atoms with Gasteiger partial charge in [-0.2, -0.15) is 17.0 Å². The molecule has 1 unspecified atom stereocenters. The molecule has 0 radical (unpaired) electrons. The molecule has 1 amide bonds. The molecule has 0 saturated carbocycles. The van der Waals surface area contributed by atoms with Gasteiger partial charge >= 0.3 is 18.0 Å². The lowest BCUT2D eigenvalue weighted by Gasteiger charge is -2.23. The number of hydrogen-bond donors (Lipinski definition) is 0. The van der Waals surface area contributed by atoms with Crippen LogP contribution in [0.1, 0.15) is 37.0 Å². The summed E-state index contributed by atoms with van der Waals surface area (Å²) in [5.41, 5.74) is 2.19. The van der Waals surface area contributed by atoms with Gasteiger partial charge in [0.25, 0.3) is 5.91 Å². The van der Waals surface area contributed by atoms with Crippen LogP contribution in [0.15, 0.2) is 91.0 Å². The van der Waals surface area contributed by atoms with Gasteiger partial charge in [-0.15, -0.1) is 0 Å². The first-order chi connectivity index (χ1) is 18.7. The number of nitrogens with zero attached hydrogens (tertiary/aromatic N) is 2. The van der Waals surface area contributed by atoms with Crippen LogP contribution < -0.4 is 0 Å². The monoisotopic (exact) mass is 572 g/mol. The van der Waals surface area contributed by atoms with Gasteiger partial charge in [0.2, 0.25) is 0 Å². The minimum Gasteiger partial charge on any atom is -0.282 e. The number of rotatable bonds is 13. The van der Waals surface area contributed by atoms with E-state index < -0.39 is 36.7 Å². The van der Waals surface area contributed by atoms with Crippen LogP contribution in [0.4, 0.5) is 0 Å². The molecule has 3 aromatic rings. The second-order valence-corrected chi connectivity index (χ2v) is 13.1. The summed E-state index contributed by atoms with van der Waals surface area (Å²) >= 11 is 0. The summed E-state index contributed by atoms with van der Waals surface area (Å²) in [6.07, 6.45) is 0.327. The second-order valence-electron chi connectivity index (χ2n) is 9.59. The Morgan fingerprint density at radius 2 is 1.23 bits per heavy atom. The van der Waals surface area contributed by atoms with Crippen molar-refractivity contribution in [1.82, 2.24) is 8.61 Å². The molecule has 1 fully saturated rings. The Hall–Kier alpha value is -2.85. The average molecular weight is 573 g/mol. The molecular formula is C28H33N2O7PS. The maximum atomic E-state index is 13.7. The molecule has 1 atom stereocenters. The molecule has 1 saturated heterocycles. The quantitative estimate of drug-likeness (QED) is 0.249. The smallest absolute Gasteiger partial charge is 0.282 e. The maximum absolute atomic E-state index is 13.7. The fourth-order valence-corrected chi connectivity index (χ4v) is 6.90. The van der Waals surface area contributed by atoms with Gasteiger partial charge in [-0.25, -0.2) is 4.57 Å². The van der Waals surface area contributed by atoms with E-state index in [2.05, 4.69) is 0 Å². The summed E-state index contributed by atoms with van der Waals surface area (Å²) < 4.78 is 59.2. The fraction of sp³-hybridized carbons (Fsp3) is 0.321. The van der Waals surface area contributed by atoms with Crippen molar-refractivity contribution in [1.29, 1.82) is 0 Å². The van der Waals surface area contributed by atoms with Gasteiger partial charge in [-0.3, -0.25) is 18.4 Å². The van der Waals surface area contributed by atoms with Gasteiger partial charge in [0.05, 0.1) is 13.2 Å². The zero-order chi connectivity index (χ0) is 27.9. The molecule has 0 aromatic heterocycles. The Balaban J connectivity index is 1.54. The van der Waals surface area contributed by atoms with Crippen LogP contribution in [-0.4, -0.2) is 35.7 Å². The number of phosphoric acid groups is 1. The van der Waals surface area contributed by atoms with Crippen molar-refractivity contribution in [2.24, 2.45) is 5.92 Å². The topological polar surface area (TPSA) is 102 Å². The zero-order valence-corrected chi connectivity index (χ0v) is 23.7. The average Bonchev–Trinajstić information content (AvgIpc) is 3.10. The molecule has 39 heavy (non-hydrogen) atoms. The van der Waals surface area contributed by atoms with Gasteiger partial charge in [0.1, 0.15) is 12.8 Å². The third kappa shape index (κ3) is 7.63. The molecular weight excluding hydrogens is 539 g/mol. The number of carbonyl (C=O) groups excluding carboxylic acids is 1. The van der Waals surface area contributed by atoms with Gasteiger partial charge in [0, 0.05) is 6.54 Å². The van der Waals surface area contributed by atoms with Crippen LogP contribution in [0.25, 0.3) is 0 Å². The van der Waals surface area contributed by atoms with E-state index in [0.717, 1.165) is 16.7 Å². The maximum Gasteiger partial charge on any atom is 0.477 e. The summed E-state index contributed by atoms with van der Waals surface area (Å²) in [5.74, 6) is -0.583. The lowest BCUT2D eigenvalue weighted by atomic mass is 10.0. The van der Waals surface area contributed by atoms with Crippen molar-refractivity contribution in [2.75, 3.05) is 6.73 Å². The SMILES string of the molecule is CC(C)CC1C(=O)N(COP(=O)(OCc2ccccc2)OCc2ccccc2)S(=O)(=O)N1Cc1ccccc1. The number of carbonyl (C=O) groups is 1. The normalized spacial score (nSPS) is 17.7. The van der Waals surface area contributed by atoms with Crippen molar-refractivity contribution >= 4 is 23.9 Å². The van der Waals surface area contributed by atoms with Gasteiger partial charge in [-0.1, -0.05) is 105 Å². The van der Waals surface area contributed by atoms with Crippen LogP contribution >= 0.6 is 7.82 Å². The van der Waals surface area contributed by atoms with E-state index in [0.29, 0.717) is 10.7 Å². The van der Waals surface area contributed by atoms with Crippen LogP contribution in [0.3, 0.4) is 0 Å². The van der Waals surface area contributed by atoms with E-state index in [-0.39, 0.29) is 25.7 Å². The summed E-state index contributed by atoms with van der Waals surface area (Å²) in [7, 11) is -8.56. The highest BCUT2D eigenvalue weighted by Gasteiger charge is 2.51. The van der Waals surface area contributed by atoms with E-state index >= 15 is 0 Å². The lowest BCUT2D eigenvalue weighted by Crippen LogP contribution is -2.36. The highest BCUT2D eigenvalue weighted by atomic mass is 32.2. The molecule has 4 rings (SSSR count). The molecule has 11 heteroatoms. The van der Waals surface area contributed by atoms with Gasteiger partial charge in [0.15, 0.2) is 0 Å². The molecule has 1 heterocycles. The zero-order valence-electron chi connectivity index (χ0n) is 22.0. The standard InChI is InChI=1S/C28H33N2O7PS/c1-23(2)18-27-28(31)30(39(33,34)29(27)19-24-12-6-3-7-13-24)22-37-38(32,35-20-25-14-8-4-9-15-25)36-21-26-16-10-5-11-17-26/h3-17,23,27H,18-22H2,1-2H3. The van der Waals surface area contributed by atoms with Crippen LogP contribution in [-0.2, 0) is 52.9 Å². The van der Waals surface area contributed by atoms with Crippen molar-refractivity contribution < 1.29 is 31.3 Å². The van der Waals surface area contributed by atoms with Gasteiger partial charge in [-0.05, 0) is 29.0 Å². The Morgan fingerprint density at radius 1 is 0.769 bits per heavy atom. The molecule has 0 aliphatic carbocycles. The molecule has 3 aromatic carbocycles. The second kappa shape index (κ2) is 13.0. The van der Waals surface area contributed by atoms with E-state index in [1.807, 2.05) is 44.2 Å². The first-order valence-corrected chi connectivity index (χ1v) is 15.5. The van der Waals surface area contributed by atoms with Gasteiger partial charge < -0.3 is 0 Å². The van der Waals surface area contributed by atoms with E-state index in [4.69, 9.17) is 13.6 Å². The van der Waals surface area contributed by atoms with E-state index in [9.17, 15) is 17.8 Å². The van der Waals surface area contributed by atoms with Crippen molar-refractivity contribution in [3.8, 4) is 0 Å². The van der Waals surface area contributed by atoms with Crippen LogP contribution in [0, 0.1) is 5.92 Å². The fourth-order valence-electron chi connectivity index (χ4n) is 4.13. The first-order valence-electron chi connectivity index (χ1n) is 12.7. The lowest BCUT2D eigenvalue weighted by molar-refractivity contribution is -0.130. The molecule has 1 aliphatic rings. The molecule has 9 nitrogen and oxygen atoms in total. The largest absolute Gasteiger partial charge is 0.477 e. The molecule has 0 bridgehead atoms. The van der Waals surface area contributed by atoms with Crippen molar-refractivity contribution in [2.45, 2.75) is 46.1 Å². The number of phosphoric ester groups is 1. The van der Waals surface area contributed by atoms with Crippen LogP contribution in [0.5, 0.6) is 0 Å². The van der Waals surface area contributed by atoms with Crippen molar-refractivity contribution in [3.63, 3.8) is 0 Å². The summed E-state index contributed by atoms with van der Waals surface area (Å²) in [6.45, 7) is 2.87. The Bertz CT molecular complexity index is 1330. The summed E-state index contributed by atoms with van der Waals surface area (Å²) in [5, 5.41) is 0. The molecule has 1 aliphatic heterocycles. The Morgan fingerprint density at radius 3 is 1.69 bits per heavy atom. The number of hydrogen-bond acceptors (Lipinski definition) is 7. The minimum absolute atomic E-state index is 0.0233. The summed E-state index contributed by atoms with van der Waals surface area (Å²) in [4.78, 5) is 13.4. The third-order valence-corrected chi connectivity index (χ3v) is 9.27. The molecule has 0 spiro atoms. The Labute approximate surface area is 230 Å². The predicted molar refractivity (Wildman–Crippen MR) is 147 cm³/mol. The van der Waals surface area contributed by atoms with E-state index in [1.54, 1.807) is 60.7 Å². The third-order valence-electron chi connectivity index (χ3n) is 6.13. The predicted octanol–water partition coefficient (Wildman–Crippen LogP) is 5.51. The Kier molecular flexibility index (Phi) is 9.71. The van der Waals surface area contributed by atoms with Crippen LogP contribution in [0.2, 0.25) is 0 Å². The highest BCUT2D eigenvalue weighted by Crippen LogP contribution is 2.51. The first kappa shape index (κ1) is 29.1. The summed E-state index contributed by atoms with van der Waals surface area (Å²) in [6, 6.07) is 26.2. The molecule has 0 N–H and O–H groups in total. The minimum atomic E-state index is -4.30. The number of benzene rings is 3. The molecule has 208 valence electrons. The van der Waals surface area contributed by atoms with E-state index in [1.165, 1.54) is 4.31 Å². The highest BCUT2D eigenvalue weighted by molar-refractivity contribution is 7.87. The number of amides is 1.